The lowest BCUT2D eigenvalue weighted by molar-refractivity contribution is -0.131. The van der Waals surface area contributed by atoms with Gasteiger partial charge in [0.05, 0.1) is 6.10 Å². The van der Waals surface area contributed by atoms with Gasteiger partial charge in [0, 0.05) is 11.1 Å². The fourth-order valence-corrected chi connectivity index (χ4v) is 4.41. The lowest BCUT2D eigenvalue weighted by Gasteiger charge is -2.21. The van der Waals surface area contributed by atoms with E-state index in [0.29, 0.717) is 17.5 Å². The number of nitrogens with zero attached hydrogens (tertiary/aromatic N) is 1. The van der Waals surface area contributed by atoms with Gasteiger partial charge in [-0.05, 0) is 51.1 Å². The van der Waals surface area contributed by atoms with Crippen molar-refractivity contribution in [3.63, 3.8) is 0 Å². The van der Waals surface area contributed by atoms with E-state index in [-0.39, 0.29) is 18.1 Å². The van der Waals surface area contributed by atoms with Crippen molar-refractivity contribution in [3.8, 4) is 0 Å². The van der Waals surface area contributed by atoms with Gasteiger partial charge in [-0.15, -0.1) is 11.3 Å². The molecule has 0 spiro atoms. The van der Waals surface area contributed by atoms with Gasteiger partial charge in [-0.1, -0.05) is 19.8 Å². The number of aromatic nitrogens is 1. The number of anilines is 1. The van der Waals surface area contributed by atoms with Crippen molar-refractivity contribution in [2.45, 2.75) is 70.0 Å². The van der Waals surface area contributed by atoms with Crippen LogP contribution in [-0.4, -0.2) is 36.2 Å². The molecule has 128 valence electrons. The quantitative estimate of drug-likeness (QED) is 0.836. The number of hydrogen-bond acceptors (Lipinski definition) is 5. The summed E-state index contributed by atoms with van der Waals surface area (Å²) in [5, 5.41) is 7.04. The van der Waals surface area contributed by atoms with Gasteiger partial charge in [-0.3, -0.25) is 10.1 Å². The molecule has 2 fully saturated rings. The van der Waals surface area contributed by atoms with Crippen molar-refractivity contribution >= 4 is 22.4 Å². The predicted octanol–water partition coefficient (Wildman–Crippen LogP) is 3.29. The first-order chi connectivity index (χ1) is 11.3. The Morgan fingerprint density at radius 3 is 2.83 bits per heavy atom. The summed E-state index contributed by atoms with van der Waals surface area (Å²) in [6.07, 6.45) is 9.43. The fourth-order valence-electron chi connectivity index (χ4n) is 3.43. The summed E-state index contributed by atoms with van der Waals surface area (Å²) in [5.41, 5.74) is 0. The molecule has 1 aliphatic carbocycles. The number of carbonyl (C=O) groups is 1. The normalized spacial score (nSPS) is 21.4. The highest BCUT2D eigenvalue weighted by molar-refractivity contribution is 7.15. The molecule has 2 N–H and O–H groups in total. The Balaban J connectivity index is 1.54. The highest BCUT2D eigenvalue weighted by atomic mass is 32.1. The smallest absolute Gasteiger partial charge is 0.255 e. The highest BCUT2D eigenvalue weighted by Crippen LogP contribution is 2.32. The number of rotatable bonds is 6. The predicted molar refractivity (Wildman–Crippen MR) is 93.0 cm³/mol. The maximum Gasteiger partial charge on any atom is 0.255 e. The van der Waals surface area contributed by atoms with Crippen LogP contribution >= 0.6 is 11.3 Å². The molecule has 0 aromatic carbocycles. The summed E-state index contributed by atoms with van der Waals surface area (Å²) < 4.78 is 5.97. The topological polar surface area (TPSA) is 63.2 Å². The van der Waals surface area contributed by atoms with Crippen LogP contribution in [0.2, 0.25) is 0 Å². The van der Waals surface area contributed by atoms with E-state index >= 15 is 0 Å². The molecular formula is C17H27N3O2S. The summed E-state index contributed by atoms with van der Waals surface area (Å²) in [6, 6.07) is 0. The van der Waals surface area contributed by atoms with Crippen molar-refractivity contribution in [1.82, 2.24) is 10.3 Å². The third-order valence-electron chi connectivity index (χ3n) is 4.82. The Labute approximate surface area is 142 Å². The van der Waals surface area contributed by atoms with Crippen LogP contribution in [0.4, 0.5) is 5.13 Å². The number of piperidine rings is 1. The molecule has 23 heavy (non-hydrogen) atoms. The summed E-state index contributed by atoms with van der Waals surface area (Å²) in [4.78, 5) is 18.1. The van der Waals surface area contributed by atoms with Crippen molar-refractivity contribution in [2.24, 2.45) is 0 Å². The van der Waals surface area contributed by atoms with Crippen molar-refractivity contribution in [3.05, 3.63) is 11.1 Å². The first kappa shape index (κ1) is 16.9. The summed E-state index contributed by atoms with van der Waals surface area (Å²) in [7, 11) is 0. The van der Waals surface area contributed by atoms with Gasteiger partial charge in [-0.25, -0.2) is 4.98 Å². The molecule has 1 aromatic heterocycles. The van der Waals surface area contributed by atoms with Gasteiger partial charge in [0.1, 0.15) is 6.10 Å². The van der Waals surface area contributed by atoms with E-state index in [2.05, 4.69) is 15.6 Å². The Morgan fingerprint density at radius 1 is 1.39 bits per heavy atom. The summed E-state index contributed by atoms with van der Waals surface area (Å²) in [5.74, 6) is 0.529. The van der Waals surface area contributed by atoms with Gasteiger partial charge < -0.3 is 10.1 Å². The van der Waals surface area contributed by atoms with Gasteiger partial charge >= 0.3 is 0 Å². The average molecular weight is 337 g/mol. The minimum Gasteiger partial charge on any atom is -0.365 e. The van der Waals surface area contributed by atoms with Crippen LogP contribution in [0.1, 0.15) is 62.7 Å². The third kappa shape index (κ3) is 4.52. The Bertz CT molecular complexity index is 508. The first-order valence-electron chi connectivity index (χ1n) is 8.89. The minimum absolute atomic E-state index is 0.0504. The SMILES string of the molecule is CCC(OC1CCCC1)C(=O)Nc1ncc(C2CCNCC2)s1. The molecule has 3 rings (SSSR count). The lowest BCUT2D eigenvalue weighted by Crippen LogP contribution is -2.32. The Kier molecular flexibility index (Phi) is 6.02. The van der Waals surface area contributed by atoms with Crippen molar-refractivity contribution < 1.29 is 9.53 Å². The standard InChI is InChI=1S/C17H27N3O2S/c1-2-14(22-13-5-3-4-6-13)16(21)20-17-19-11-15(23-17)12-7-9-18-10-8-12/h11-14,18H,2-10H2,1H3,(H,19,20,21). The molecule has 5 nitrogen and oxygen atoms in total. The molecule has 2 aliphatic rings. The Hall–Kier alpha value is -0.980. The highest BCUT2D eigenvalue weighted by Gasteiger charge is 2.25. The number of thiazole rings is 1. The molecule has 1 atom stereocenters. The van der Waals surface area contributed by atoms with Crippen LogP contribution in [0.5, 0.6) is 0 Å². The molecule has 2 heterocycles. The molecule has 0 radical (unpaired) electrons. The van der Waals surface area contributed by atoms with E-state index in [1.165, 1.54) is 17.7 Å². The van der Waals surface area contributed by atoms with E-state index in [1.807, 2.05) is 13.1 Å². The van der Waals surface area contributed by atoms with Crippen LogP contribution in [-0.2, 0) is 9.53 Å². The second-order valence-electron chi connectivity index (χ2n) is 6.52. The summed E-state index contributed by atoms with van der Waals surface area (Å²) >= 11 is 1.61. The number of ether oxygens (including phenoxy) is 1. The lowest BCUT2D eigenvalue weighted by atomic mass is 9.97. The van der Waals surface area contributed by atoms with Gasteiger partial charge in [0.15, 0.2) is 5.13 Å². The summed E-state index contributed by atoms with van der Waals surface area (Å²) in [6.45, 7) is 4.14. The fraction of sp³-hybridized carbons (Fsp3) is 0.765. The van der Waals surface area contributed by atoms with Gasteiger partial charge in [0.25, 0.3) is 5.91 Å². The zero-order chi connectivity index (χ0) is 16.1. The van der Waals surface area contributed by atoms with Crippen LogP contribution in [0.3, 0.4) is 0 Å². The monoisotopic (exact) mass is 337 g/mol. The van der Waals surface area contributed by atoms with Crippen molar-refractivity contribution in [1.29, 1.82) is 0 Å². The van der Waals surface area contributed by atoms with Crippen LogP contribution in [0.15, 0.2) is 6.20 Å². The number of amides is 1. The number of carbonyl (C=O) groups excluding carboxylic acids is 1. The second kappa shape index (κ2) is 8.22. The zero-order valence-corrected chi connectivity index (χ0v) is 14.7. The van der Waals surface area contributed by atoms with Crippen LogP contribution < -0.4 is 10.6 Å². The third-order valence-corrected chi connectivity index (χ3v) is 5.89. The molecule has 1 saturated heterocycles. The maximum atomic E-state index is 12.4. The maximum absolute atomic E-state index is 12.4. The molecule has 1 amide bonds. The molecule has 1 unspecified atom stereocenters. The molecule has 1 aliphatic heterocycles. The zero-order valence-electron chi connectivity index (χ0n) is 13.8. The van der Waals surface area contributed by atoms with E-state index < -0.39 is 0 Å². The van der Waals surface area contributed by atoms with E-state index in [4.69, 9.17) is 4.74 Å². The average Bonchev–Trinajstić information content (AvgIpc) is 3.25. The van der Waals surface area contributed by atoms with Gasteiger partial charge in [0.2, 0.25) is 0 Å². The molecule has 1 aromatic rings. The molecular weight excluding hydrogens is 310 g/mol. The molecule has 0 bridgehead atoms. The molecule has 6 heteroatoms. The van der Waals surface area contributed by atoms with Gasteiger partial charge in [-0.2, -0.15) is 0 Å². The van der Waals surface area contributed by atoms with E-state index in [0.717, 1.165) is 38.8 Å². The van der Waals surface area contributed by atoms with Crippen molar-refractivity contribution in [2.75, 3.05) is 18.4 Å². The first-order valence-corrected chi connectivity index (χ1v) is 9.70. The Morgan fingerprint density at radius 2 is 2.13 bits per heavy atom. The largest absolute Gasteiger partial charge is 0.365 e. The van der Waals surface area contributed by atoms with E-state index in [1.54, 1.807) is 11.3 Å². The second-order valence-corrected chi connectivity index (χ2v) is 7.58. The van der Waals surface area contributed by atoms with Crippen LogP contribution in [0, 0.1) is 0 Å². The minimum atomic E-state index is -0.357. The van der Waals surface area contributed by atoms with Crippen LogP contribution in [0.25, 0.3) is 0 Å². The number of nitrogens with one attached hydrogen (secondary N) is 2. The number of hydrogen-bond donors (Lipinski definition) is 2. The molecule has 1 saturated carbocycles. The van der Waals surface area contributed by atoms with E-state index in [9.17, 15) is 4.79 Å².